The first-order valence-electron chi connectivity index (χ1n) is 6.95. The number of piperidine rings is 1. The van der Waals surface area contributed by atoms with Gasteiger partial charge in [-0.25, -0.2) is 4.39 Å². The molecule has 0 amide bonds. The van der Waals surface area contributed by atoms with Crippen LogP contribution >= 0.6 is 0 Å². The van der Waals surface area contributed by atoms with Crippen LogP contribution < -0.4 is 4.74 Å². The van der Waals surface area contributed by atoms with Gasteiger partial charge in [-0.15, -0.1) is 0 Å². The molecule has 1 aromatic rings. The topological polar surface area (TPSA) is 32.7 Å². The quantitative estimate of drug-likeness (QED) is 0.889. The fourth-order valence-corrected chi connectivity index (χ4v) is 2.48. The monoisotopic (exact) mass is 267 g/mol. The van der Waals surface area contributed by atoms with E-state index >= 15 is 0 Å². The van der Waals surface area contributed by atoms with Crippen molar-refractivity contribution in [1.82, 2.24) is 4.90 Å². The number of rotatable bonds is 5. The molecule has 1 aromatic carbocycles. The Morgan fingerprint density at radius 3 is 2.79 bits per heavy atom. The molecule has 1 saturated heterocycles. The van der Waals surface area contributed by atoms with Crippen molar-refractivity contribution in [2.75, 3.05) is 19.7 Å². The Morgan fingerprint density at radius 2 is 2.11 bits per heavy atom. The zero-order valence-electron chi connectivity index (χ0n) is 11.4. The second-order valence-electron chi connectivity index (χ2n) is 5.26. The zero-order chi connectivity index (χ0) is 13.7. The van der Waals surface area contributed by atoms with Gasteiger partial charge in [-0.3, -0.25) is 4.90 Å². The Balaban J connectivity index is 1.74. The lowest BCUT2D eigenvalue weighted by atomic mass is 10.0. The first-order valence-corrected chi connectivity index (χ1v) is 6.95. The molecule has 19 heavy (non-hydrogen) atoms. The lowest BCUT2D eigenvalue weighted by Gasteiger charge is -2.34. The molecule has 0 aromatic heterocycles. The maximum atomic E-state index is 12.7. The average molecular weight is 267 g/mol. The normalized spacial score (nSPS) is 22.2. The Morgan fingerprint density at radius 1 is 1.37 bits per heavy atom. The maximum Gasteiger partial charge on any atom is 0.123 e. The Hall–Kier alpha value is -1.13. The molecule has 1 aliphatic heterocycles. The van der Waals surface area contributed by atoms with E-state index in [0.717, 1.165) is 6.54 Å². The molecular formula is C15H22FNO2. The van der Waals surface area contributed by atoms with E-state index in [9.17, 15) is 9.50 Å². The molecule has 1 aliphatic rings. The summed E-state index contributed by atoms with van der Waals surface area (Å²) in [6, 6.07) is 6.40. The van der Waals surface area contributed by atoms with E-state index in [1.54, 1.807) is 12.1 Å². The fraction of sp³-hybridized carbons (Fsp3) is 0.600. The summed E-state index contributed by atoms with van der Waals surface area (Å²) in [6.07, 6.45) is 3.17. The van der Waals surface area contributed by atoms with E-state index in [0.29, 0.717) is 18.3 Å². The molecular weight excluding hydrogens is 245 g/mol. The van der Waals surface area contributed by atoms with Gasteiger partial charge in [0.25, 0.3) is 0 Å². The van der Waals surface area contributed by atoms with Gasteiger partial charge < -0.3 is 9.84 Å². The summed E-state index contributed by atoms with van der Waals surface area (Å²) in [5.41, 5.74) is 0. The van der Waals surface area contributed by atoms with Gasteiger partial charge in [0.15, 0.2) is 0 Å². The van der Waals surface area contributed by atoms with Crippen LogP contribution in [0.25, 0.3) is 0 Å². The number of aliphatic hydroxyl groups is 1. The molecule has 2 rings (SSSR count). The standard InChI is InChI=1S/C15H22FNO2/c1-12-4-2-3-9-17(12)10-14(18)11-19-15-7-5-13(16)6-8-15/h5-8,12,14,18H,2-4,9-11H2,1H3/t12-,14+/m1/s1. The van der Waals surface area contributed by atoms with Gasteiger partial charge >= 0.3 is 0 Å². The third-order valence-corrected chi connectivity index (χ3v) is 3.64. The second-order valence-corrected chi connectivity index (χ2v) is 5.26. The minimum atomic E-state index is -0.509. The van der Waals surface area contributed by atoms with Crippen molar-refractivity contribution in [3.05, 3.63) is 30.1 Å². The number of nitrogens with zero attached hydrogens (tertiary/aromatic N) is 1. The first-order chi connectivity index (χ1) is 9.15. The highest BCUT2D eigenvalue weighted by Gasteiger charge is 2.20. The van der Waals surface area contributed by atoms with Crippen LogP contribution in [0.4, 0.5) is 4.39 Å². The number of halogens is 1. The molecule has 0 aliphatic carbocycles. The molecule has 0 radical (unpaired) electrons. The van der Waals surface area contributed by atoms with E-state index < -0.39 is 6.10 Å². The highest BCUT2D eigenvalue weighted by molar-refractivity contribution is 5.22. The Bertz CT molecular complexity index is 382. The molecule has 0 saturated carbocycles. The molecule has 1 heterocycles. The van der Waals surface area contributed by atoms with Crippen LogP contribution in [0, 0.1) is 5.82 Å². The maximum absolute atomic E-state index is 12.7. The summed E-state index contributed by atoms with van der Waals surface area (Å²) >= 11 is 0. The average Bonchev–Trinajstić information content (AvgIpc) is 2.41. The van der Waals surface area contributed by atoms with Gasteiger partial charge in [-0.05, 0) is 50.6 Å². The molecule has 1 N–H and O–H groups in total. The number of hydrogen-bond donors (Lipinski definition) is 1. The van der Waals surface area contributed by atoms with Crippen LogP contribution in [0.15, 0.2) is 24.3 Å². The minimum Gasteiger partial charge on any atom is -0.491 e. The zero-order valence-corrected chi connectivity index (χ0v) is 11.4. The molecule has 0 unspecified atom stereocenters. The van der Waals surface area contributed by atoms with Crippen molar-refractivity contribution in [2.24, 2.45) is 0 Å². The van der Waals surface area contributed by atoms with Crippen LogP contribution in [-0.2, 0) is 0 Å². The Kier molecular flexibility index (Phi) is 5.16. The number of benzene rings is 1. The summed E-state index contributed by atoms with van der Waals surface area (Å²) in [5, 5.41) is 9.99. The van der Waals surface area contributed by atoms with Gasteiger partial charge in [-0.1, -0.05) is 6.42 Å². The highest BCUT2D eigenvalue weighted by Crippen LogP contribution is 2.17. The second kappa shape index (κ2) is 6.87. The van der Waals surface area contributed by atoms with Crippen molar-refractivity contribution in [3.8, 4) is 5.75 Å². The smallest absolute Gasteiger partial charge is 0.123 e. The summed E-state index contributed by atoms with van der Waals surface area (Å²) in [7, 11) is 0. The van der Waals surface area contributed by atoms with Crippen molar-refractivity contribution in [2.45, 2.75) is 38.3 Å². The van der Waals surface area contributed by atoms with Crippen molar-refractivity contribution < 1.29 is 14.2 Å². The summed E-state index contributed by atoms with van der Waals surface area (Å²) in [6.45, 7) is 4.14. The third-order valence-electron chi connectivity index (χ3n) is 3.64. The lowest BCUT2D eigenvalue weighted by Crippen LogP contribution is -2.43. The van der Waals surface area contributed by atoms with Gasteiger partial charge in [-0.2, -0.15) is 0 Å². The number of likely N-dealkylation sites (tertiary alicyclic amines) is 1. The lowest BCUT2D eigenvalue weighted by molar-refractivity contribution is 0.0437. The Labute approximate surface area is 114 Å². The van der Waals surface area contributed by atoms with E-state index in [1.807, 2.05) is 0 Å². The van der Waals surface area contributed by atoms with Crippen LogP contribution in [0.2, 0.25) is 0 Å². The van der Waals surface area contributed by atoms with Crippen LogP contribution in [0.1, 0.15) is 26.2 Å². The minimum absolute atomic E-state index is 0.245. The van der Waals surface area contributed by atoms with Gasteiger partial charge in [0.2, 0.25) is 0 Å². The molecule has 0 bridgehead atoms. The first kappa shape index (κ1) is 14.3. The molecule has 4 heteroatoms. The highest BCUT2D eigenvalue weighted by atomic mass is 19.1. The van der Waals surface area contributed by atoms with Crippen LogP contribution in [0.5, 0.6) is 5.75 Å². The molecule has 1 fully saturated rings. The van der Waals surface area contributed by atoms with Crippen molar-refractivity contribution in [1.29, 1.82) is 0 Å². The van der Waals surface area contributed by atoms with Crippen LogP contribution in [-0.4, -0.2) is 41.8 Å². The van der Waals surface area contributed by atoms with E-state index in [2.05, 4.69) is 11.8 Å². The van der Waals surface area contributed by atoms with E-state index in [1.165, 1.54) is 31.4 Å². The summed E-state index contributed by atoms with van der Waals surface area (Å²) in [5.74, 6) is 0.308. The van der Waals surface area contributed by atoms with Gasteiger partial charge in [0.05, 0.1) is 0 Å². The third kappa shape index (κ3) is 4.48. The van der Waals surface area contributed by atoms with Gasteiger partial charge in [0, 0.05) is 12.6 Å². The number of ether oxygens (including phenoxy) is 1. The summed E-state index contributed by atoms with van der Waals surface area (Å²) < 4.78 is 18.2. The number of hydrogen-bond acceptors (Lipinski definition) is 3. The van der Waals surface area contributed by atoms with E-state index in [4.69, 9.17) is 4.74 Å². The number of β-amino-alcohol motifs (C(OH)–C–C–N with tert-alkyl or cyclic N) is 1. The van der Waals surface area contributed by atoms with Crippen molar-refractivity contribution in [3.63, 3.8) is 0 Å². The van der Waals surface area contributed by atoms with Crippen LogP contribution in [0.3, 0.4) is 0 Å². The molecule has 3 nitrogen and oxygen atoms in total. The summed E-state index contributed by atoms with van der Waals surface area (Å²) in [4.78, 5) is 2.31. The van der Waals surface area contributed by atoms with Gasteiger partial charge in [0.1, 0.15) is 24.3 Å². The number of aliphatic hydroxyl groups excluding tert-OH is 1. The van der Waals surface area contributed by atoms with E-state index in [-0.39, 0.29) is 12.4 Å². The molecule has 0 spiro atoms. The molecule has 2 atom stereocenters. The SMILES string of the molecule is C[C@@H]1CCCCN1C[C@H](O)COc1ccc(F)cc1. The molecule has 106 valence electrons. The van der Waals surface area contributed by atoms with Crippen molar-refractivity contribution >= 4 is 0 Å². The predicted octanol–water partition coefficient (Wildman–Crippen LogP) is 2.44. The largest absolute Gasteiger partial charge is 0.491 e. The fourth-order valence-electron chi connectivity index (χ4n) is 2.48. The predicted molar refractivity (Wildman–Crippen MR) is 72.8 cm³/mol.